The van der Waals surface area contributed by atoms with E-state index < -0.39 is 11.7 Å². The maximum Gasteiger partial charge on any atom is 0.260 e. The number of para-hydroxylation sites is 1. The smallest absolute Gasteiger partial charge is 0.260 e. The number of aliphatic hydroxyl groups is 1. The van der Waals surface area contributed by atoms with E-state index in [0.717, 1.165) is 22.2 Å². The van der Waals surface area contributed by atoms with E-state index in [1.165, 1.54) is 24.3 Å². The Balaban J connectivity index is 1.49. The lowest BCUT2D eigenvalue weighted by molar-refractivity contribution is -0.150. The molecule has 2 heterocycles. The second kappa shape index (κ2) is 10.2. The standard InChI is InChI=1S/C28H33FN2O4/c1-18(2)15-28(33)12-13-31(16-25(28)35-22-10-8-21(29)9-11-22)26(32)17-34-24-14-20(4)30-27-19(3)6-5-7-23(24)27/h5-11,14,18,25,33H,12-13,15-17H2,1-4H3/t25-,28+/m0/s1. The van der Waals surface area contributed by atoms with E-state index in [-0.39, 0.29) is 30.8 Å². The largest absolute Gasteiger partial charge is 0.486 e. The van der Waals surface area contributed by atoms with Gasteiger partial charge in [-0.3, -0.25) is 9.78 Å². The lowest BCUT2D eigenvalue weighted by atomic mass is 9.81. The minimum absolute atomic E-state index is 0.127. The van der Waals surface area contributed by atoms with E-state index in [2.05, 4.69) is 4.98 Å². The van der Waals surface area contributed by atoms with E-state index in [1.807, 2.05) is 52.0 Å². The summed E-state index contributed by atoms with van der Waals surface area (Å²) in [5.41, 5.74) is 1.64. The molecule has 2 atom stereocenters. The number of rotatable bonds is 7. The summed E-state index contributed by atoms with van der Waals surface area (Å²) in [6, 6.07) is 13.4. The molecule has 0 saturated carbocycles. The number of pyridine rings is 1. The molecule has 0 aliphatic carbocycles. The molecule has 2 aromatic carbocycles. The van der Waals surface area contributed by atoms with Crippen LogP contribution in [-0.4, -0.2) is 52.3 Å². The zero-order chi connectivity index (χ0) is 25.2. The van der Waals surface area contributed by atoms with Crippen molar-refractivity contribution in [1.29, 1.82) is 0 Å². The van der Waals surface area contributed by atoms with Crippen molar-refractivity contribution in [3.63, 3.8) is 0 Å². The number of ether oxygens (including phenoxy) is 2. The van der Waals surface area contributed by atoms with E-state index in [1.54, 1.807) is 4.90 Å². The summed E-state index contributed by atoms with van der Waals surface area (Å²) >= 11 is 0. The van der Waals surface area contributed by atoms with Gasteiger partial charge in [0.1, 0.15) is 29.0 Å². The highest BCUT2D eigenvalue weighted by Crippen LogP contribution is 2.33. The molecular weight excluding hydrogens is 447 g/mol. The molecule has 1 aliphatic heterocycles. The molecule has 35 heavy (non-hydrogen) atoms. The molecule has 0 bridgehead atoms. The number of benzene rings is 2. The van der Waals surface area contributed by atoms with E-state index >= 15 is 0 Å². The van der Waals surface area contributed by atoms with Crippen molar-refractivity contribution in [2.24, 2.45) is 5.92 Å². The number of piperidine rings is 1. The number of amides is 1. The fourth-order valence-corrected chi connectivity index (χ4v) is 4.77. The number of hydrogen-bond donors (Lipinski definition) is 1. The summed E-state index contributed by atoms with van der Waals surface area (Å²) < 4.78 is 25.4. The molecule has 1 fully saturated rings. The SMILES string of the molecule is Cc1cc(OCC(=O)N2CC[C@@](O)(CC(C)C)[C@@H](Oc3ccc(F)cc3)C2)c2cccc(C)c2n1. The van der Waals surface area contributed by atoms with Gasteiger partial charge in [0.15, 0.2) is 6.61 Å². The highest BCUT2D eigenvalue weighted by molar-refractivity contribution is 5.88. The van der Waals surface area contributed by atoms with Gasteiger partial charge in [0.25, 0.3) is 5.91 Å². The Bertz CT molecular complexity index is 1200. The van der Waals surface area contributed by atoms with Gasteiger partial charge in [0.2, 0.25) is 0 Å². The first-order valence-electron chi connectivity index (χ1n) is 12.1. The number of aromatic nitrogens is 1. The first kappa shape index (κ1) is 24.9. The number of halogens is 1. The molecular formula is C28H33FN2O4. The molecule has 7 heteroatoms. The first-order valence-corrected chi connectivity index (χ1v) is 12.1. The highest BCUT2D eigenvalue weighted by atomic mass is 19.1. The highest BCUT2D eigenvalue weighted by Gasteiger charge is 2.44. The van der Waals surface area contributed by atoms with Crippen molar-refractivity contribution in [3.05, 3.63) is 65.6 Å². The van der Waals surface area contributed by atoms with Crippen LogP contribution in [0.5, 0.6) is 11.5 Å². The van der Waals surface area contributed by atoms with Gasteiger partial charge in [0, 0.05) is 23.7 Å². The number of hydrogen-bond acceptors (Lipinski definition) is 5. The van der Waals surface area contributed by atoms with E-state index in [4.69, 9.17) is 9.47 Å². The predicted molar refractivity (Wildman–Crippen MR) is 133 cm³/mol. The average Bonchev–Trinajstić information content (AvgIpc) is 2.80. The van der Waals surface area contributed by atoms with Crippen LogP contribution in [0.1, 0.15) is 37.9 Å². The third-order valence-corrected chi connectivity index (χ3v) is 6.49. The van der Waals surface area contributed by atoms with Crippen molar-refractivity contribution >= 4 is 16.8 Å². The Hall–Kier alpha value is -3.19. The molecule has 1 aromatic heterocycles. The van der Waals surface area contributed by atoms with E-state index in [9.17, 15) is 14.3 Å². The van der Waals surface area contributed by atoms with Gasteiger partial charge in [0.05, 0.1) is 12.1 Å². The molecule has 0 radical (unpaired) electrons. The van der Waals surface area contributed by atoms with Crippen LogP contribution < -0.4 is 9.47 Å². The minimum Gasteiger partial charge on any atom is -0.486 e. The summed E-state index contributed by atoms with van der Waals surface area (Å²) in [6.45, 7) is 8.48. The molecule has 1 amide bonds. The van der Waals surface area contributed by atoms with Crippen molar-refractivity contribution in [1.82, 2.24) is 9.88 Å². The van der Waals surface area contributed by atoms with Gasteiger partial charge < -0.3 is 19.5 Å². The van der Waals surface area contributed by atoms with Crippen LogP contribution >= 0.6 is 0 Å². The van der Waals surface area contributed by atoms with Crippen molar-refractivity contribution in [2.45, 2.75) is 52.2 Å². The van der Waals surface area contributed by atoms with Gasteiger partial charge >= 0.3 is 0 Å². The van der Waals surface area contributed by atoms with Gasteiger partial charge in [-0.1, -0.05) is 26.0 Å². The number of aryl methyl sites for hydroxylation is 2. The topological polar surface area (TPSA) is 71.9 Å². The number of nitrogens with zero attached hydrogens (tertiary/aromatic N) is 2. The average molecular weight is 481 g/mol. The van der Waals surface area contributed by atoms with Crippen LogP contribution in [0.4, 0.5) is 4.39 Å². The predicted octanol–water partition coefficient (Wildman–Crippen LogP) is 4.83. The Morgan fingerprint density at radius 2 is 1.97 bits per heavy atom. The summed E-state index contributed by atoms with van der Waals surface area (Å²) in [4.78, 5) is 19.4. The van der Waals surface area contributed by atoms with Crippen LogP contribution in [-0.2, 0) is 4.79 Å². The molecule has 1 saturated heterocycles. The Kier molecular flexibility index (Phi) is 7.26. The Morgan fingerprint density at radius 3 is 2.69 bits per heavy atom. The molecule has 0 unspecified atom stereocenters. The number of carbonyl (C=O) groups is 1. The summed E-state index contributed by atoms with van der Waals surface area (Å²) in [7, 11) is 0. The lowest BCUT2D eigenvalue weighted by Crippen LogP contribution is -2.60. The second-order valence-corrected chi connectivity index (χ2v) is 9.87. The monoisotopic (exact) mass is 480 g/mol. The van der Waals surface area contributed by atoms with Crippen LogP contribution in [0.2, 0.25) is 0 Å². The first-order chi connectivity index (χ1) is 16.6. The van der Waals surface area contributed by atoms with Gasteiger partial charge in [-0.25, -0.2) is 4.39 Å². The summed E-state index contributed by atoms with van der Waals surface area (Å²) in [5, 5.41) is 12.3. The zero-order valence-electron chi connectivity index (χ0n) is 20.8. The fourth-order valence-electron chi connectivity index (χ4n) is 4.77. The number of carbonyl (C=O) groups excluding carboxylic acids is 1. The number of likely N-dealkylation sites (tertiary alicyclic amines) is 1. The molecule has 0 spiro atoms. The van der Waals surface area contributed by atoms with Crippen molar-refractivity contribution in [2.75, 3.05) is 19.7 Å². The maximum absolute atomic E-state index is 13.4. The molecule has 1 aliphatic rings. The van der Waals surface area contributed by atoms with Gasteiger partial charge in [-0.2, -0.15) is 0 Å². The van der Waals surface area contributed by atoms with Crippen molar-refractivity contribution < 1.29 is 23.8 Å². The molecule has 6 nitrogen and oxygen atoms in total. The lowest BCUT2D eigenvalue weighted by Gasteiger charge is -2.45. The van der Waals surface area contributed by atoms with Gasteiger partial charge in [-0.15, -0.1) is 0 Å². The van der Waals surface area contributed by atoms with E-state index in [0.29, 0.717) is 30.9 Å². The second-order valence-electron chi connectivity index (χ2n) is 9.87. The van der Waals surface area contributed by atoms with Crippen LogP contribution in [0, 0.1) is 25.6 Å². The van der Waals surface area contributed by atoms with Crippen LogP contribution in [0.25, 0.3) is 10.9 Å². The summed E-state index contributed by atoms with van der Waals surface area (Å²) in [6.07, 6.45) is 0.290. The third kappa shape index (κ3) is 5.73. The quantitative estimate of drug-likeness (QED) is 0.525. The third-order valence-electron chi connectivity index (χ3n) is 6.49. The molecule has 1 N–H and O–H groups in total. The minimum atomic E-state index is -1.09. The van der Waals surface area contributed by atoms with Crippen molar-refractivity contribution in [3.8, 4) is 11.5 Å². The van der Waals surface area contributed by atoms with Crippen LogP contribution in [0.15, 0.2) is 48.5 Å². The molecule has 4 rings (SSSR count). The maximum atomic E-state index is 13.4. The number of fused-ring (bicyclic) bond motifs is 1. The molecule has 3 aromatic rings. The molecule has 186 valence electrons. The van der Waals surface area contributed by atoms with Crippen LogP contribution in [0.3, 0.4) is 0 Å². The van der Waals surface area contributed by atoms with Gasteiger partial charge in [-0.05, 0) is 68.5 Å². The Morgan fingerprint density at radius 1 is 1.23 bits per heavy atom. The fraction of sp³-hybridized carbons (Fsp3) is 0.429. The Labute approximate surface area is 205 Å². The summed E-state index contributed by atoms with van der Waals surface area (Å²) in [5.74, 6) is 0.785. The zero-order valence-corrected chi connectivity index (χ0v) is 20.8. The normalized spacial score (nSPS) is 20.3.